The van der Waals surface area contributed by atoms with Crippen LogP contribution in [0.2, 0.25) is 0 Å². The van der Waals surface area contributed by atoms with Gasteiger partial charge in [-0.15, -0.1) is 0 Å². The van der Waals surface area contributed by atoms with Gasteiger partial charge in [-0.25, -0.2) is 4.79 Å². The Morgan fingerprint density at radius 1 is 1.35 bits per heavy atom. The Kier molecular flexibility index (Phi) is 5.41. The fourth-order valence-corrected chi connectivity index (χ4v) is 2.22. The van der Waals surface area contributed by atoms with E-state index in [1.165, 1.54) is 7.11 Å². The Hall–Kier alpha value is -2.76. The van der Waals surface area contributed by atoms with Gasteiger partial charge in [0.05, 0.1) is 13.7 Å². The van der Waals surface area contributed by atoms with Crippen LogP contribution in [0.25, 0.3) is 0 Å². The first kappa shape index (κ1) is 16.6. The van der Waals surface area contributed by atoms with Crippen LogP contribution in [-0.4, -0.2) is 61.8 Å². The third kappa shape index (κ3) is 3.91. The molecule has 0 unspecified atom stereocenters. The van der Waals surface area contributed by atoms with Gasteiger partial charge in [0, 0.05) is 26.2 Å². The van der Waals surface area contributed by atoms with Gasteiger partial charge in [-0.05, 0) is 6.92 Å². The fraction of sp³-hybridized carbons (Fsp3) is 0.571. The molecule has 1 aromatic heterocycles. The molecule has 0 atom stereocenters. The Labute approximate surface area is 133 Å². The number of methoxy groups -OCH3 is 1. The van der Waals surface area contributed by atoms with E-state index in [9.17, 15) is 9.59 Å². The molecule has 2 rings (SSSR count). The summed E-state index contributed by atoms with van der Waals surface area (Å²) < 4.78 is 15.0. The van der Waals surface area contributed by atoms with Crippen molar-refractivity contribution in [1.29, 1.82) is 5.26 Å². The highest BCUT2D eigenvalue weighted by Crippen LogP contribution is 2.23. The fourth-order valence-electron chi connectivity index (χ4n) is 2.22. The van der Waals surface area contributed by atoms with Crippen LogP contribution in [0.15, 0.2) is 4.42 Å². The van der Waals surface area contributed by atoms with Gasteiger partial charge in [0.15, 0.2) is 0 Å². The lowest BCUT2D eigenvalue weighted by atomic mass is 10.3. The second-order valence-electron chi connectivity index (χ2n) is 4.80. The second-order valence-corrected chi connectivity index (χ2v) is 4.80. The molecule has 0 N–H and O–H groups in total. The van der Waals surface area contributed by atoms with Crippen molar-refractivity contribution < 1.29 is 23.5 Å². The second kappa shape index (κ2) is 7.49. The van der Waals surface area contributed by atoms with Gasteiger partial charge >= 0.3 is 12.1 Å². The van der Waals surface area contributed by atoms with E-state index < -0.39 is 5.97 Å². The van der Waals surface area contributed by atoms with Crippen LogP contribution in [0, 0.1) is 11.3 Å². The summed E-state index contributed by atoms with van der Waals surface area (Å²) in [6, 6.07) is 1.95. The van der Waals surface area contributed by atoms with Crippen LogP contribution in [0.3, 0.4) is 0 Å². The number of oxazole rings is 1. The third-order valence-electron chi connectivity index (χ3n) is 3.38. The molecule has 1 aliphatic rings. The standard InChI is InChI=1S/C14H18N4O5/c1-3-22-14(20)18-6-4-17(5-7-18)13-10(9-15)16-11(23-13)8-12(19)21-2/h3-8H2,1-2H3. The first-order valence-corrected chi connectivity index (χ1v) is 7.22. The highest BCUT2D eigenvalue weighted by Gasteiger charge is 2.27. The molecule has 23 heavy (non-hydrogen) atoms. The Bertz CT molecular complexity index is 613. The molecule has 9 heteroatoms. The number of nitriles is 1. The Morgan fingerprint density at radius 2 is 2.04 bits per heavy atom. The van der Waals surface area contributed by atoms with Crippen molar-refractivity contribution in [2.45, 2.75) is 13.3 Å². The number of ether oxygens (including phenoxy) is 2. The van der Waals surface area contributed by atoms with E-state index in [0.717, 1.165) is 0 Å². The molecular weight excluding hydrogens is 304 g/mol. The molecular formula is C14H18N4O5. The number of carbonyl (C=O) groups excluding carboxylic acids is 2. The zero-order chi connectivity index (χ0) is 16.8. The number of rotatable bonds is 4. The predicted octanol–water partition coefficient (Wildman–Crippen LogP) is 0.540. The third-order valence-corrected chi connectivity index (χ3v) is 3.38. The molecule has 0 saturated carbocycles. The smallest absolute Gasteiger partial charge is 0.409 e. The molecule has 0 aromatic carbocycles. The molecule has 124 valence electrons. The van der Waals surface area contributed by atoms with Crippen molar-refractivity contribution in [1.82, 2.24) is 9.88 Å². The summed E-state index contributed by atoms with van der Waals surface area (Å²) in [5.41, 5.74) is 0.119. The molecule has 0 bridgehead atoms. The van der Waals surface area contributed by atoms with Gasteiger partial charge in [-0.2, -0.15) is 10.2 Å². The van der Waals surface area contributed by atoms with Crippen LogP contribution in [-0.2, 0) is 20.7 Å². The highest BCUT2D eigenvalue weighted by molar-refractivity contribution is 5.71. The largest absolute Gasteiger partial charge is 0.469 e. The number of amides is 1. The number of anilines is 1. The van der Waals surface area contributed by atoms with Crippen LogP contribution < -0.4 is 4.90 Å². The van der Waals surface area contributed by atoms with E-state index in [1.807, 2.05) is 11.0 Å². The van der Waals surface area contributed by atoms with Crippen LogP contribution in [0.1, 0.15) is 18.5 Å². The average Bonchev–Trinajstić information content (AvgIpc) is 2.98. The van der Waals surface area contributed by atoms with Gasteiger partial charge in [0.1, 0.15) is 12.5 Å². The minimum absolute atomic E-state index is 0.119. The zero-order valence-corrected chi connectivity index (χ0v) is 13.1. The topological polar surface area (TPSA) is 109 Å². The summed E-state index contributed by atoms with van der Waals surface area (Å²) in [6.45, 7) is 3.97. The molecule has 1 amide bonds. The van der Waals surface area contributed by atoms with Crippen molar-refractivity contribution in [3.05, 3.63) is 11.6 Å². The number of aromatic nitrogens is 1. The molecule has 1 aliphatic heterocycles. The van der Waals surface area contributed by atoms with Gasteiger partial charge in [0.2, 0.25) is 17.5 Å². The van der Waals surface area contributed by atoms with E-state index in [0.29, 0.717) is 38.7 Å². The normalized spacial score (nSPS) is 14.3. The number of nitrogens with zero attached hydrogens (tertiary/aromatic N) is 4. The number of esters is 1. The zero-order valence-electron chi connectivity index (χ0n) is 13.1. The van der Waals surface area contributed by atoms with E-state index in [1.54, 1.807) is 11.8 Å². The molecule has 0 aliphatic carbocycles. The summed E-state index contributed by atoms with van der Waals surface area (Å²) >= 11 is 0. The minimum atomic E-state index is -0.491. The lowest BCUT2D eigenvalue weighted by molar-refractivity contribution is -0.140. The van der Waals surface area contributed by atoms with E-state index in [2.05, 4.69) is 9.72 Å². The molecule has 0 radical (unpaired) electrons. The SMILES string of the molecule is CCOC(=O)N1CCN(c2oc(CC(=O)OC)nc2C#N)CC1. The van der Waals surface area contributed by atoms with E-state index >= 15 is 0 Å². The molecule has 2 heterocycles. The Morgan fingerprint density at radius 3 is 2.61 bits per heavy atom. The molecule has 1 aromatic rings. The van der Waals surface area contributed by atoms with Crippen molar-refractivity contribution in [3.63, 3.8) is 0 Å². The minimum Gasteiger partial charge on any atom is -0.469 e. The van der Waals surface area contributed by atoms with Gasteiger partial charge < -0.3 is 23.7 Å². The number of hydrogen-bond acceptors (Lipinski definition) is 8. The molecule has 1 saturated heterocycles. The highest BCUT2D eigenvalue weighted by atomic mass is 16.6. The van der Waals surface area contributed by atoms with Crippen molar-refractivity contribution in [2.75, 3.05) is 44.8 Å². The van der Waals surface area contributed by atoms with Crippen molar-refractivity contribution in [2.24, 2.45) is 0 Å². The maximum atomic E-state index is 11.7. The lowest BCUT2D eigenvalue weighted by Gasteiger charge is -2.33. The number of piperazine rings is 1. The summed E-state index contributed by atoms with van der Waals surface area (Å²) in [5, 5.41) is 9.16. The number of carbonyl (C=O) groups is 2. The summed E-state index contributed by atoms with van der Waals surface area (Å²) in [7, 11) is 1.27. The van der Waals surface area contributed by atoms with Gasteiger partial charge in [0.25, 0.3) is 0 Å². The van der Waals surface area contributed by atoms with Crippen molar-refractivity contribution >= 4 is 17.9 Å². The van der Waals surface area contributed by atoms with Crippen LogP contribution >= 0.6 is 0 Å². The summed E-state index contributed by atoms with van der Waals surface area (Å²) in [5.74, 6) is -0.0412. The van der Waals surface area contributed by atoms with Crippen molar-refractivity contribution in [3.8, 4) is 6.07 Å². The van der Waals surface area contributed by atoms with Crippen LogP contribution in [0.5, 0.6) is 0 Å². The summed E-state index contributed by atoms with van der Waals surface area (Å²) in [6.07, 6.45) is -0.481. The summed E-state index contributed by atoms with van der Waals surface area (Å²) in [4.78, 5) is 30.4. The van der Waals surface area contributed by atoms with E-state index in [4.69, 9.17) is 14.4 Å². The van der Waals surface area contributed by atoms with Crippen LogP contribution in [0.4, 0.5) is 10.7 Å². The quantitative estimate of drug-likeness (QED) is 0.739. The van der Waals surface area contributed by atoms with Gasteiger partial charge in [-0.1, -0.05) is 0 Å². The first-order valence-electron chi connectivity index (χ1n) is 7.22. The predicted molar refractivity (Wildman–Crippen MR) is 77.7 cm³/mol. The number of hydrogen-bond donors (Lipinski definition) is 0. The first-order chi connectivity index (χ1) is 11.1. The Balaban J connectivity index is 2.04. The van der Waals surface area contributed by atoms with E-state index in [-0.39, 0.29) is 24.1 Å². The molecule has 1 fully saturated rings. The monoisotopic (exact) mass is 322 g/mol. The average molecular weight is 322 g/mol. The lowest BCUT2D eigenvalue weighted by Crippen LogP contribution is -2.49. The maximum Gasteiger partial charge on any atom is 0.409 e. The van der Waals surface area contributed by atoms with Gasteiger partial charge in [-0.3, -0.25) is 4.79 Å². The molecule has 0 spiro atoms. The maximum absolute atomic E-state index is 11.7. The molecule has 9 nitrogen and oxygen atoms in total.